The quantitative estimate of drug-likeness (QED) is 0.850. The zero-order chi connectivity index (χ0) is 14.5. The molecule has 0 aliphatic carbocycles. The molecule has 1 aromatic heterocycles. The van der Waals surface area contributed by atoms with E-state index in [1.807, 2.05) is 26.1 Å². The number of nitrogens with one attached hydrogen (secondary N) is 2. The van der Waals surface area contributed by atoms with E-state index in [-0.39, 0.29) is 11.9 Å². The number of nitrogens with zero attached hydrogens (tertiary/aromatic N) is 2. The Hall–Kier alpha value is -1.95. The Morgan fingerprint density at radius 2 is 2.00 bits per heavy atom. The summed E-state index contributed by atoms with van der Waals surface area (Å²) in [6.07, 6.45) is 1.85. The largest absolute Gasteiger partial charge is 0.360 e. The van der Waals surface area contributed by atoms with Crippen molar-refractivity contribution < 1.29 is 4.39 Å². The number of anilines is 1. The minimum Gasteiger partial charge on any atom is -0.360 e. The van der Waals surface area contributed by atoms with E-state index in [4.69, 9.17) is 12.2 Å². The summed E-state index contributed by atoms with van der Waals surface area (Å²) in [5.74, 6) is 0.451. The molecule has 0 radical (unpaired) electrons. The van der Waals surface area contributed by atoms with E-state index in [2.05, 4.69) is 15.7 Å². The molecule has 0 atom stereocenters. The summed E-state index contributed by atoms with van der Waals surface area (Å²) in [6, 6.07) is 8.50. The van der Waals surface area contributed by atoms with Gasteiger partial charge in [-0.1, -0.05) is 12.1 Å². The third kappa shape index (κ3) is 4.31. The molecule has 0 aliphatic rings. The van der Waals surface area contributed by atoms with Crippen LogP contribution >= 0.6 is 12.2 Å². The smallest absolute Gasteiger partial charge is 0.172 e. The first kappa shape index (κ1) is 14.5. The average molecular weight is 292 g/mol. The van der Waals surface area contributed by atoms with Gasteiger partial charge in [-0.15, -0.1) is 0 Å². The van der Waals surface area contributed by atoms with Crippen molar-refractivity contribution in [1.29, 1.82) is 0 Å². The molecule has 0 unspecified atom stereocenters. The molecule has 0 saturated heterocycles. The molecule has 106 valence electrons. The van der Waals surface area contributed by atoms with Crippen molar-refractivity contribution in [3.05, 3.63) is 47.9 Å². The fourth-order valence-electron chi connectivity index (χ4n) is 1.71. The maximum atomic E-state index is 12.8. The molecule has 2 aromatic rings. The first-order valence-electron chi connectivity index (χ1n) is 6.38. The summed E-state index contributed by atoms with van der Waals surface area (Å²) in [5.41, 5.74) is 0.990. The van der Waals surface area contributed by atoms with Crippen molar-refractivity contribution in [2.45, 2.75) is 26.4 Å². The second-order valence-corrected chi connectivity index (χ2v) is 5.19. The summed E-state index contributed by atoms with van der Waals surface area (Å²) in [4.78, 5) is 0. The molecule has 2 rings (SSSR count). The normalized spacial score (nSPS) is 10.6. The van der Waals surface area contributed by atoms with Gasteiger partial charge >= 0.3 is 0 Å². The van der Waals surface area contributed by atoms with Gasteiger partial charge in [0.25, 0.3) is 0 Å². The predicted octanol–water partition coefficient (Wildman–Crippen LogP) is 2.77. The van der Waals surface area contributed by atoms with Crippen molar-refractivity contribution in [1.82, 2.24) is 15.1 Å². The van der Waals surface area contributed by atoms with E-state index in [9.17, 15) is 4.39 Å². The molecule has 4 nitrogen and oxygen atoms in total. The van der Waals surface area contributed by atoms with Gasteiger partial charge in [-0.2, -0.15) is 5.10 Å². The van der Waals surface area contributed by atoms with E-state index in [1.165, 1.54) is 12.1 Å². The molecule has 0 fully saturated rings. The van der Waals surface area contributed by atoms with Gasteiger partial charge in [-0.25, -0.2) is 4.39 Å². The number of rotatable bonds is 4. The SMILES string of the molecule is CC(C)NC(=S)Nc1ccn(Cc2ccc(F)cc2)n1. The van der Waals surface area contributed by atoms with Crippen LogP contribution < -0.4 is 10.6 Å². The van der Waals surface area contributed by atoms with Crippen LogP contribution in [0.15, 0.2) is 36.5 Å². The molecular weight excluding hydrogens is 275 g/mol. The Morgan fingerprint density at radius 3 is 2.65 bits per heavy atom. The van der Waals surface area contributed by atoms with Crippen LogP contribution in [0.5, 0.6) is 0 Å². The Balaban J connectivity index is 1.95. The van der Waals surface area contributed by atoms with Crippen LogP contribution in [-0.2, 0) is 6.54 Å². The van der Waals surface area contributed by atoms with Crippen LogP contribution in [-0.4, -0.2) is 20.9 Å². The number of hydrogen-bond acceptors (Lipinski definition) is 2. The van der Waals surface area contributed by atoms with E-state index >= 15 is 0 Å². The first-order chi connectivity index (χ1) is 9.52. The molecular formula is C14H17FN4S. The third-order valence-electron chi connectivity index (χ3n) is 2.56. The van der Waals surface area contributed by atoms with Crippen LogP contribution in [0.4, 0.5) is 10.2 Å². The lowest BCUT2D eigenvalue weighted by Gasteiger charge is -2.11. The number of thiocarbonyl (C=S) groups is 1. The Morgan fingerprint density at radius 1 is 1.30 bits per heavy atom. The highest BCUT2D eigenvalue weighted by Gasteiger charge is 2.03. The Labute approximate surface area is 123 Å². The maximum Gasteiger partial charge on any atom is 0.172 e. The summed E-state index contributed by atoms with van der Waals surface area (Å²) >= 11 is 5.15. The Bertz CT molecular complexity index is 577. The second-order valence-electron chi connectivity index (χ2n) is 4.78. The molecule has 20 heavy (non-hydrogen) atoms. The zero-order valence-corrected chi connectivity index (χ0v) is 12.2. The van der Waals surface area contributed by atoms with Crippen molar-refractivity contribution >= 4 is 23.1 Å². The molecule has 1 heterocycles. The zero-order valence-electron chi connectivity index (χ0n) is 11.4. The van der Waals surface area contributed by atoms with Crippen LogP contribution in [0, 0.1) is 5.82 Å². The lowest BCUT2D eigenvalue weighted by atomic mass is 10.2. The highest BCUT2D eigenvalue weighted by atomic mass is 32.1. The van der Waals surface area contributed by atoms with Crippen molar-refractivity contribution in [3.8, 4) is 0 Å². The highest BCUT2D eigenvalue weighted by molar-refractivity contribution is 7.80. The van der Waals surface area contributed by atoms with Gasteiger partial charge < -0.3 is 10.6 Å². The molecule has 2 N–H and O–H groups in total. The lowest BCUT2D eigenvalue weighted by Crippen LogP contribution is -2.34. The fraction of sp³-hybridized carbons (Fsp3) is 0.286. The lowest BCUT2D eigenvalue weighted by molar-refractivity contribution is 0.624. The van der Waals surface area contributed by atoms with E-state index in [0.29, 0.717) is 17.5 Å². The van der Waals surface area contributed by atoms with Gasteiger partial charge in [-0.05, 0) is 43.8 Å². The van der Waals surface area contributed by atoms with Gasteiger partial charge in [-0.3, -0.25) is 4.68 Å². The number of aromatic nitrogens is 2. The van der Waals surface area contributed by atoms with Crippen LogP contribution in [0.25, 0.3) is 0 Å². The summed E-state index contributed by atoms with van der Waals surface area (Å²) < 4.78 is 14.6. The van der Waals surface area contributed by atoms with E-state index in [1.54, 1.807) is 16.8 Å². The molecule has 0 bridgehead atoms. The van der Waals surface area contributed by atoms with Crippen molar-refractivity contribution in [2.75, 3.05) is 5.32 Å². The third-order valence-corrected chi connectivity index (χ3v) is 2.78. The minimum absolute atomic E-state index is 0.235. The molecule has 0 amide bonds. The molecule has 0 aliphatic heterocycles. The summed E-state index contributed by atoms with van der Waals surface area (Å²) in [7, 11) is 0. The monoisotopic (exact) mass is 292 g/mol. The fourth-order valence-corrected chi connectivity index (χ4v) is 2.05. The standard InChI is InChI=1S/C14H17FN4S/c1-10(2)16-14(20)17-13-7-8-19(18-13)9-11-3-5-12(15)6-4-11/h3-8,10H,9H2,1-2H3,(H2,16,17,18,20). The molecule has 0 saturated carbocycles. The second kappa shape index (κ2) is 6.47. The van der Waals surface area contributed by atoms with Gasteiger partial charge in [0.15, 0.2) is 10.9 Å². The van der Waals surface area contributed by atoms with E-state index in [0.717, 1.165) is 5.56 Å². The number of benzene rings is 1. The Kier molecular flexibility index (Phi) is 4.68. The average Bonchev–Trinajstić information content (AvgIpc) is 2.78. The number of halogens is 1. The highest BCUT2D eigenvalue weighted by Crippen LogP contribution is 2.07. The van der Waals surface area contributed by atoms with Crippen molar-refractivity contribution in [3.63, 3.8) is 0 Å². The van der Waals surface area contributed by atoms with Crippen LogP contribution in [0.1, 0.15) is 19.4 Å². The summed E-state index contributed by atoms with van der Waals surface area (Å²) in [6.45, 7) is 4.62. The van der Waals surface area contributed by atoms with Gasteiger partial charge in [0.2, 0.25) is 0 Å². The van der Waals surface area contributed by atoms with Gasteiger partial charge in [0, 0.05) is 18.3 Å². The van der Waals surface area contributed by atoms with Crippen LogP contribution in [0.2, 0.25) is 0 Å². The van der Waals surface area contributed by atoms with E-state index < -0.39 is 0 Å². The molecule has 0 spiro atoms. The topological polar surface area (TPSA) is 41.9 Å². The first-order valence-corrected chi connectivity index (χ1v) is 6.79. The van der Waals surface area contributed by atoms with Crippen LogP contribution in [0.3, 0.4) is 0 Å². The van der Waals surface area contributed by atoms with Crippen molar-refractivity contribution in [2.24, 2.45) is 0 Å². The van der Waals surface area contributed by atoms with Gasteiger partial charge in [0.1, 0.15) is 5.82 Å². The maximum absolute atomic E-state index is 12.8. The van der Waals surface area contributed by atoms with Gasteiger partial charge in [0.05, 0.1) is 6.54 Å². The molecule has 6 heteroatoms. The predicted molar refractivity (Wildman–Crippen MR) is 82.2 cm³/mol. The number of hydrogen-bond donors (Lipinski definition) is 2. The molecule has 1 aromatic carbocycles. The summed E-state index contributed by atoms with van der Waals surface area (Å²) in [5, 5.41) is 11.0. The minimum atomic E-state index is -0.235.